The zero-order chi connectivity index (χ0) is 12.0. The second-order valence-electron chi connectivity index (χ2n) is 3.75. The Morgan fingerprint density at radius 3 is 2.56 bits per heavy atom. The maximum atomic E-state index is 13.4. The molecule has 0 N–H and O–H groups in total. The summed E-state index contributed by atoms with van der Waals surface area (Å²) in [7, 11) is 0. The minimum absolute atomic E-state index is 0.228. The van der Waals surface area contributed by atoms with E-state index in [1.54, 1.807) is 6.07 Å². The summed E-state index contributed by atoms with van der Waals surface area (Å²) in [6.07, 6.45) is 2.04. The number of halogens is 1. The molecule has 0 aliphatic carbocycles. The van der Waals surface area contributed by atoms with E-state index in [0.717, 1.165) is 12.8 Å². The molecule has 0 amide bonds. The molecule has 2 nitrogen and oxygen atoms in total. The van der Waals surface area contributed by atoms with Crippen LogP contribution in [0, 0.1) is 23.1 Å². The van der Waals surface area contributed by atoms with E-state index >= 15 is 0 Å². The van der Waals surface area contributed by atoms with Crippen LogP contribution in [-0.4, -0.2) is 6.61 Å². The molecule has 0 atom stereocenters. The summed E-state index contributed by atoms with van der Waals surface area (Å²) in [5, 5.41) is 8.59. The van der Waals surface area contributed by atoms with Gasteiger partial charge in [-0.3, -0.25) is 0 Å². The molecule has 0 aliphatic rings. The first-order chi connectivity index (χ1) is 7.71. The van der Waals surface area contributed by atoms with E-state index in [-0.39, 0.29) is 5.75 Å². The van der Waals surface area contributed by atoms with Gasteiger partial charge in [0.05, 0.1) is 18.2 Å². The van der Waals surface area contributed by atoms with E-state index in [4.69, 9.17) is 10.00 Å². The Bertz CT molecular complexity index is 380. The molecule has 0 radical (unpaired) electrons. The SMILES string of the molecule is CCC(CC)COc1ccc(C#N)cc1F. The summed E-state index contributed by atoms with van der Waals surface area (Å²) in [5.74, 6) is 0.214. The highest BCUT2D eigenvalue weighted by atomic mass is 19.1. The molecule has 16 heavy (non-hydrogen) atoms. The van der Waals surface area contributed by atoms with Crippen LogP contribution in [0.3, 0.4) is 0 Å². The lowest BCUT2D eigenvalue weighted by Crippen LogP contribution is -2.10. The predicted octanol–water partition coefficient (Wildman–Crippen LogP) is 3.51. The van der Waals surface area contributed by atoms with Gasteiger partial charge >= 0.3 is 0 Å². The Kier molecular flexibility index (Phi) is 4.78. The lowest BCUT2D eigenvalue weighted by Gasteiger charge is -2.14. The molecule has 0 saturated carbocycles. The maximum Gasteiger partial charge on any atom is 0.166 e. The van der Waals surface area contributed by atoms with Gasteiger partial charge < -0.3 is 4.74 Å². The third-order valence-corrected chi connectivity index (χ3v) is 2.69. The zero-order valence-electron chi connectivity index (χ0n) is 9.66. The van der Waals surface area contributed by atoms with Gasteiger partial charge in [-0.05, 0) is 24.1 Å². The van der Waals surface area contributed by atoms with E-state index in [2.05, 4.69) is 13.8 Å². The monoisotopic (exact) mass is 221 g/mol. The van der Waals surface area contributed by atoms with Crippen molar-refractivity contribution in [2.75, 3.05) is 6.61 Å². The van der Waals surface area contributed by atoms with E-state index in [9.17, 15) is 4.39 Å². The van der Waals surface area contributed by atoms with E-state index in [1.165, 1.54) is 12.1 Å². The Labute approximate surface area is 95.7 Å². The quantitative estimate of drug-likeness (QED) is 0.762. The van der Waals surface area contributed by atoms with Gasteiger partial charge in [-0.2, -0.15) is 5.26 Å². The lowest BCUT2D eigenvalue weighted by molar-refractivity contribution is 0.231. The maximum absolute atomic E-state index is 13.4. The zero-order valence-corrected chi connectivity index (χ0v) is 9.66. The second kappa shape index (κ2) is 6.12. The van der Waals surface area contributed by atoms with Gasteiger partial charge in [-0.25, -0.2) is 4.39 Å². The first kappa shape index (κ1) is 12.5. The molecule has 0 saturated heterocycles. The highest BCUT2D eigenvalue weighted by molar-refractivity contribution is 5.35. The molecule has 0 aromatic heterocycles. The third-order valence-electron chi connectivity index (χ3n) is 2.69. The van der Waals surface area contributed by atoms with Gasteiger partial charge in [0.2, 0.25) is 0 Å². The third kappa shape index (κ3) is 3.23. The summed E-state index contributed by atoms with van der Waals surface area (Å²) in [6, 6.07) is 6.15. The average Bonchev–Trinajstić information content (AvgIpc) is 2.32. The molecule has 0 heterocycles. The lowest BCUT2D eigenvalue weighted by atomic mass is 10.1. The standard InChI is InChI=1S/C13H16FNO/c1-3-10(4-2)9-16-13-6-5-11(8-15)7-12(13)14/h5-7,10H,3-4,9H2,1-2H3. The molecule has 0 bridgehead atoms. The number of nitriles is 1. The minimum atomic E-state index is -0.468. The van der Waals surface area contributed by atoms with Crippen LogP contribution >= 0.6 is 0 Å². The molecule has 0 spiro atoms. The van der Waals surface area contributed by atoms with Crippen LogP contribution in [0.1, 0.15) is 32.3 Å². The van der Waals surface area contributed by atoms with Gasteiger partial charge in [0.15, 0.2) is 11.6 Å². The molecular formula is C13H16FNO. The molecule has 0 fully saturated rings. The molecule has 0 unspecified atom stereocenters. The fourth-order valence-electron chi connectivity index (χ4n) is 1.42. The van der Waals surface area contributed by atoms with Crippen LogP contribution in [-0.2, 0) is 0 Å². The van der Waals surface area contributed by atoms with Crippen LogP contribution in [0.4, 0.5) is 4.39 Å². The van der Waals surface area contributed by atoms with Gasteiger partial charge in [0, 0.05) is 0 Å². The van der Waals surface area contributed by atoms with Crippen molar-refractivity contribution in [3.05, 3.63) is 29.6 Å². The Hall–Kier alpha value is -1.56. The van der Waals surface area contributed by atoms with Crippen LogP contribution in [0.15, 0.2) is 18.2 Å². The van der Waals surface area contributed by atoms with Crippen LogP contribution in [0.2, 0.25) is 0 Å². The summed E-state index contributed by atoms with van der Waals surface area (Å²) in [4.78, 5) is 0. The molecule has 1 aromatic rings. The Morgan fingerprint density at radius 2 is 2.06 bits per heavy atom. The van der Waals surface area contributed by atoms with Crippen LogP contribution in [0.5, 0.6) is 5.75 Å². The largest absolute Gasteiger partial charge is 0.490 e. The van der Waals surface area contributed by atoms with E-state index in [1.807, 2.05) is 6.07 Å². The molecule has 86 valence electrons. The number of benzene rings is 1. The van der Waals surface area contributed by atoms with Crippen molar-refractivity contribution in [2.24, 2.45) is 5.92 Å². The van der Waals surface area contributed by atoms with Crippen molar-refractivity contribution in [1.82, 2.24) is 0 Å². The number of hydrogen-bond donors (Lipinski definition) is 0. The first-order valence-electron chi connectivity index (χ1n) is 5.53. The van der Waals surface area contributed by atoms with Crippen LogP contribution < -0.4 is 4.74 Å². The van der Waals surface area contributed by atoms with Crippen molar-refractivity contribution >= 4 is 0 Å². The van der Waals surface area contributed by atoms with E-state index in [0.29, 0.717) is 18.1 Å². The average molecular weight is 221 g/mol. The fourth-order valence-corrected chi connectivity index (χ4v) is 1.42. The fraction of sp³-hybridized carbons (Fsp3) is 0.462. The molecule has 1 aromatic carbocycles. The van der Waals surface area contributed by atoms with Gasteiger partial charge in [-0.15, -0.1) is 0 Å². The first-order valence-corrected chi connectivity index (χ1v) is 5.53. The molecule has 3 heteroatoms. The second-order valence-corrected chi connectivity index (χ2v) is 3.75. The minimum Gasteiger partial charge on any atom is -0.490 e. The Morgan fingerprint density at radius 1 is 1.38 bits per heavy atom. The van der Waals surface area contributed by atoms with Crippen molar-refractivity contribution < 1.29 is 9.13 Å². The number of rotatable bonds is 5. The number of hydrogen-bond acceptors (Lipinski definition) is 2. The predicted molar refractivity (Wildman–Crippen MR) is 60.7 cm³/mol. The van der Waals surface area contributed by atoms with Gasteiger partial charge in [0.1, 0.15) is 0 Å². The number of ether oxygens (including phenoxy) is 1. The summed E-state index contributed by atoms with van der Waals surface area (Å²) in [6.45, 7) is 4.70. The highest BCUT2D eigenvalue weighted by Crippen LogP contribution is 2.19. The summed E-state index contributed by atoms with van der Waals surface area (Å²) >= 11 is 0. The Balaban J connectivity index is 2.65. The van der Waals surface area contributed by atoms with Gasteiger partial charge in [0.25, 0.3) is 0 Å². The van der Waals surface area contributed by atoms with Crippen LogP contribution in [0.25, 0.3) is 0 Å². The number of nitrogens with zero attached hydrogens (tertiary/aromatic N) is 1. The van der Waals surface area contributed by atoms with Crippen molar-refractivity contribution in [3.8, 4) is 11.8 Å². The van der Waals surface area contributed by atoms with E-state index < -0.39 is 5.82 Å². The molecule has 1 rings (SSSR count). The summed E-state index contributed by atoms with van der Waals surface area (Å²) in [5.41, 5.74) is 0.312. The van der Waals surface area contributed by atoms with Gasteiger partial charge in [-0.1, -0.05) is 26.7 Å². The van der Waals surface area contributed by atoms with Crippen molar-refractivity contribution in [2.45, 2.75) is 26.7 Å². The summed E-state index contributed by atoms with van der Waals surface area (Å²) < 4.78 is 18.8. The van der Waals surface area contributed by atoms with Crippen molar-refractivity contribution in [1.29, 1.82) is 5.26 Å². The highest BCUT2D eigenvalue weighted by Gasteiger charge is 2.08. The molecule has 0 aliphatic heterocycles. The topological polar surface area (TPSA) is 33.0 Å². The van der Waals surface area contributed by atoms with Crippen molar-refractivity contribution in [3.63, 3.8) is 0 Å². The molecular weight excluding hydrogens is 205 g/mol. The normalized spacial score (nSPS) is 10.2. The smallest absolute Gasteiger partial charge is 0.166 e.